The molecule has 0 fully saturated rings. The lowest BCUT2D eigenvalue weighted by Gasteiger charge is -2.37. The Hall–Kier alpha value is -4.92. The van der Waals surface area contributed by atoms with Crippen molar-refractivity contribution in [1.82, 2.24) is 4.57 Å². The number of aromatic hydroxyl groups is 1. The Balaban J connectivity index is 1.71. The summed E-state index contributed by atoms with van der Waals surface area (Å²) in [6, 6.07) is 17.1. The van der Waals surface area contributed by atoms with E-state index in [9.17, 15) is 29.4 Å². The molecule has 3 aromatic carbocycles. The summed E-state index contributed by atoms with van der Waals surface area (Å²) >= 11 is 0. The molecular weight excluding hydrogens is 474 g/mol. The molecule has 2 heterocycles. The van der Waals surface area contributed by atoms with E-state index in [1.807, 2.05) is 56.3 Å². The van der Waals surface area contributed by atoms with E-state index in [1.54, 1.807) is 18.2 Å². The first kappa shape index (κ1) is 23.8. The fourth-order valence-corrected chi connectivity index (χ4v) is 4.81. The lowest BCUT2D eigenvalue weighted by atomic mass is 10.0. The second-order valence-electron chi connectivity index (χ2n) is 8.97. The fraction of sp³-hybridized carbons (Fsp3) is 0.143. The molecule has 1 aliphatic rings. The summed E-state index contributed by atoms with van der Waals surface area (Å²) in [6.45, 7) is 3.53. The van der Waals surface area contributed by atoms with Gasteiger partial charge in [-0.3, -0.25) is 19.3 Å². The van der Waals surface area contributed by atoms with Gasteiger partial charge in [0, 0.05) is 17.3 Å². The normalized spacial score (nSPS) is 14.9. The lowest BCUT2D eigenvalue weighted by Crippen LogP contribution is -2.55. The number of anilines is 2. The largest absolute Gasteiger partial charge is 0.503 e. The number of pyridine rings is 1. The molecule has 0 bridgehead atoms. The third kappa shape index (κ3) is 3.90. The van der Waals surface area contributed by atoms with Crippen molar-refractivity contribution in [3.8, 4) is 5.75 Å². The van der Waals surface area contributed by atoms with Crippen LogP contribution in [-0.4, -0.2) is 38.6 Å². The molecule has 3 N–H and O–H groups in total. The van der Waals surface area contributed by atoms with Crippen LogP contribution in [0.25, 0.3) is 10.8 Å². The highest BCUT2D eigenvalue weighted by atomic mass is 16.4. The first-order valence-electron chi connectivity index (χ1n) is 11.6. The van der Waals surface area contributed by atoms with E-state index in [2.05, 4.69) is 5.32 Å². The minimum Gasteiger partial charge on any atom is -0.503 e. The Morgan fingerprint density at radius 2 is 1.59 bits per heavy atom. The molecule has 1 unspecified atom stereocenters. The van der Waals surface area contributed by atoms with Crippen LogP contribution in [0.1, 0.15) is 32.0 Å². The number of aryl methyl sites for hydroxylation is 2. The van der Waals surface area contributed by atoms with Gasteiger partial charge in [0.1, 0.15) is 11.6 Å². The number of rotatable bonds is 4. The van der Waals surface area contributed by atoms with Crippen LogP contribution in [0.15, 0.2) is 71.7 Å². The van der Waals surface area contributed by atoms with E-state index in [0.717, 1.165) is 22.7 Å². The Labute approximate surface area is 211 Å². The van der Waals surface area contributed by atoms with Crippen LogP contribution in [0, 0.1) is 13.8 Å². The second-order valence-corrected chi connectivity index (χ2v) is 8.97. The van der Waals surface area contributed by atoms with Crippen LogP contribution in [-0.2, 0) is 11.3 Å². The first-order valence-corrected chi connectivity index (χ1v) is 11.6. The van der Waals surface area contributed by atoms with Gasteiger partial charge in [0.15, 0.2) is 11.4 Å². The fourth-order valence-electron chi connectivity index (χ4n) is 4.81. The Kier molecular flexibility index (Phi) is 5.75. The van der Waals surface area contributed by atoms with Crippen molar-refractivity contribution in [2.45, 2.75) is 26.4 Å². The predicted octanol–water partition coefficient (Wildman–Crippen LogP) is 3.69. The monoisotopic (exact) mass is 497 g/mol. The second kappa shape index (κ2) is 8.94. The number of hydrogen-bond donors (Lipinski definition) is 3. The molecule has 5 rings (SSSR count). The van der Waals surface area contributed by atoms with E-state index in [1.165, 1.54) is 9.47 Å². The maximum atomic E-state index is 13.9. The number of aromatic nitrogens is 1. The Morgan fingerprint density at radius 1 is 0.946 bits per heavy atom. The summed E-state index contributed by atoms with van der Waals surface area (Å²) in [5.41, 5.74) is 0.468. The van der Waals surface area contributed by atoms with Gasteiger partial charge in [0.05, 0.1) is 12.2 Å². The minimum absolute atomic E-state index is 0.185. The van der Waals surface area contributed by atoms with Crippen molar-refractivity contribution in [1.29, 1.82) is 0 Å². The number of benzene rings is 3. The van der Waals surface area contributed by atoms with Crippen molar-refractivity contribution in [3.63, 3.8) is 0 Å². The van der Waals surface area contributed by atoms with Gasteiger partial charge in [-0.15, -0.1) is 0 Å². The van der Waals surface area contributed by atoms with E-state index in [0.29, 0.717) is 16.8 Å². The quantitative estimate of drug-likeness (QED) is 0.394. The molecule has 0 saturated carbocycles. The molecule has 186 valence electrons. The van der Waals surface area contributed by atoms with Gasteiger partial charge in [-0.1, -0.05) is 54.6 Å². The number of hydrogen-bond acceptors (Lipinski definition) is 5. The zero-order valence-electron chi connectivity index (χ0n) is 20.1. The van der Waals surface area contributed by atoms with Crippen LogP contribution in [0.5, 0.6) is 5.75 Å². The highest BCUT2D eigenvalue weighted by molar-refractivity contribution is 6.16. The van der Waals surface area contributed by atoms with Crippen LogP contribution in [0.4, 0.5) is 11.4 Å². The smallest absolute Gasteiger partial charge is 0.341 e. The summed E-state index contributed by atoms with van der Waals surface area (Å²) < 4.78 is 1.17. The average Bonchev–Trinajstić information content (AvgIpc) is 2.87. The highest BCUT2D eigenvalue weighted by Gasteiger charge is 2.41. The standard InChI is InChI=1S/C28H23N3O6/c1-15-7-5-8-16(2)22(15)29-26(34)21-14-30-13-19(28(36)37)24(32)25(33)23(30)27(35)31(21)20-12-6-10-17-9-3-4-11-18(17)20/h3-13,21,33H,14H2,1-2H3,(H,29,34)(H,36,37). The number of nitrogens with zero attached hydrogens (tertiary/aromatic N) is 2. The van der Waals surface area contributed by atoms with E-state index in [4.69, 9.17) is 0 Å². The summed E-state index contributed by atoms with van der Waals surface area (Å²) in [5.74, 6) is -3.81. The molecule has 1 atom stereocenters. The third-order valence-electron chi connectivity index (χ3n) is 6.65. The predicted molar refractivity (Wildman–Crippen MR) is 138 cm³/mol. The molecule has 1 aliphatic heterocycles. The number of nitrogens with one attached hydrogen (secondary N) is 1. The maximum absolute atomic E-state index is 13.9. The van der Waals surface area contributed by atoms with Gasteiger partial charge >= 0.3 is 5.97 Å². The van der Waals surface area contributed by atoms with Crippen LogP contribution in [0.3, 0.4) is 0 Å². The van der Waals surface area contributed by atoms with Crippen LogP contribution < -0.4 is 15.6 Å². The van der Waals surface area contributed by atoms with Gasteiger partial charge in [-0.2, -0.15) is 0 Å². The van der Waals surface area contributed by atoms with Gasteiger partial charge in [-0.05, 0) is 36.4 Å². The van der Waals surface area contributed by atoms with E-state index in [-0.39, 0.29) is 12.2 Å². The van der Waals surface area contributed by atoms with Crippen molar-refractivity contribution in [2.24, 2.45) is 0 Å². The number of carboxylic acids is 1. The number of carboxylic acid groups (broad SMARTS) is 1. The maximum Gasteiger partial charge on any atom is 0.341 e. The third-order valence-corrected chi connectivity index (χ3v) is 6.65. The van der Waals surface area contributed by atoms with E-state index < -0.39 is 40.6 Å². The zero-order valence-corrected chi connectivity index (χ0v) is 20.1. The van der Waals surface area contributed by atoms with Crippen molar-refractivity contribution in [3.05, 3.63) is 99.5 Å². The SMILES string of the molecule is Cc1cccc(C)c1NC(=O)C1Cn2cc(C(=O)O)c(=O)c(O)c2C(=O)N1c1cccc2ccccc12. The van der Waals surface area contributed by atoms with Gasteiger partial charge < -0.3 is 20.1 Å². The van der Waals surface area contributed by atoms with Crippen molar-refractivity contribution in [2.75, 3.05) is 10.2 Å². The van der Waals surface area contributed by atoms with E-state index >= 15 is 0 Å². The number of aromatic carboxylic acids is 1. The molecule has 2 amide bonds. The number of fused-ring (bicyclic) bond motifs is 2. The molecule has 0 saturated heterocycles. The minimum atomic E-state index is -1.55. The molecule has 9 nitrogen and oxygen atoms in total. The first-order chi connectivity index (χ1) is 17.7. The van der Waals surface area contributed by atoms with Gasteiger partial charge in [-0.25, -0.2) is 4.79 Å². The van der Waals surface area contributed by atoms with Crippen LogP contribution in [0.2, 0.25) is 0 Å². The zero-order chi connectivity index (χ0) is 26.4. The Bertz CT molecular complexity index is 1650. The average molecular weight is 498 g/mol. The topological polar surface area (TPSA) is 129 Å². The molecule has 1 aromatic heterocycles. The Morgan fingerprint density at radius 3 is 2.30 bits per heavy atom. The highest BCUT2D eigenvalue weighted by Crippen LogP contribution is 2.34. The molecule has 4 aromatic rings. The summed E-state index contributed by atoms with van der Waals surface area (Å²) in [7, 11) is 0. The summed E-state index contributed by atoms with van der Waals surface area (Å²) in [6.07, 6.45) is 0.997. The molecule has 9 heteroatoms. The number of para-hydroxylation sites is 1. The number of carbonyl (C=O) groups is 3. The lowest BCUT2D eigenvalue weighted by molar-refractivity contribution is -0.117. The van der Waals surface area contributed by atoms with Crippen molar-refractivity contribution < 1.29 is 24.6 Å². The number of amides is 2. The molecule has 0 radical (unpaired) electrons. The van der Waals surface area contributed by atoms with Crippen molar-refractivity contribution >= 4 is 39.9 Å². The molecular formula is C28H23N3O6. The summed E-state index contributed by atoms with van der Waals surface area (Å²) in [4.78, 5) is 53.0. The molecule has 37 heavy (non-hydrogen) atoms. The van der Waals surface area contributed by atoms with Gasteiger partial charge in [0.2, 0.25) is 11.3 Å². The molecule has 0 spiro atoms. The molecule has 0 aliphatic carbocycles. The number of carbonyl (C=O) groups excluding carboxylic acids is 2. The van der Waals surface area contributed by atoms with Gasteiger partial charge in [0.25, 0.3) is 5.91 Å². The van der Waals surface area contributed by atoms with Crippen LogP contribution >= 0.6 is 0 Å². The summed E-state index contributed by atoms with van der Waals surface area (Å²) in [5, 5.41) is 24.5.